The van der Waals surface area contributed by atoms with E-state index in [1.165, 1.54) is 0 Å². The first-order chi connectivity index (χ1) is 12.3. The molecule has 25 heavy (non-hydrogen) atoms. The molecule has 0 bridgehead atoms. The summed E-state index contributed by atoms with van der Waals surface area (Å²) in [6.45, 7) is 3.09. The molecule has 5 heteroatoms. The van der Waals surface area contributed by atoms with Crippen LogP contribution in [-0.2, 0) is 0 Å². The lowest BCUT2D eigenvalue weighted by Crippen LogP contribution is -2.52. The topological polar surface area (TPSA) is 44.8 Å². The minimum Gasteiger partial charge on any atom is -0.455 e. The molecule has 2 aromatic rings. The van der Waals surface area contributed by atoms with E-state index >= 15 is 0 Å². The number of amides is 2. The van der Waals surface area contributed by atoms with E-state index in [1.807, 2.05) is 53.4 Å². The number of hydrogen-bond donors (Lipinski definition) is 1. The minimum absolute atomic E-state index is 0.0796. The third-order valence-corrected chi connectivity index (χ3v) is 4.65. The number of carbonyl (C=O) groups excluding carboxylic acids is 1. The molecule has 1 heterocycles. The third kappa shape index (κ3) is 3.87. The molecular formula is C20H23N3O2. The molecule has 1 aliphatic heterocycles. The fourth-order valence-corrected chi connectivity index (χ4v) is 3.06. The van der Waals surface area contributed by atoms with Gasteiger partial charge < -0.3 is 19.9 Å². The van der Waals surface area contributed by atoms with E-state index in [0.717, 1.165) is 56.2 Å². The monoisotopic (exact) mass is 337 g/mol. The highest BCUT2D eigenvalue weighted by molar-refractivity contribution is 5.75. The van der Waals surface area contributed by atoms with Crippen LogP contribution in [0.2, 0.25) is 0 Å². The number of nitrogens with one attached hydrogen (secondary N) is 1. The summed E-state index contributed by atoms with van der Waals surface area (Å²) in [4.78, 5) is 16.4. The smallest absolute Gasteiger partial charge is 0.317 e. The molecule has 2 fully saturated rings. The number of para-hydroxylation sites is 3. The van der Waals surface area contributed by atoms with Gasteiger partial charge in [-0.3, -0.25) is 0 Å². The second kappa shape index (κ2) is 7.05. The van der Waals surface area contributed by atoms with Crippen molar-refractivity contribution in [2.75, 3.05) is 31.1 Å². The molecule has 1 aliphatic carbocycles. The van der Waals surface area contributed by atoms with Crippen LogP contribution in [0, 0.1) is 0 Å². The maximum atomic E-state index is 12.2. The number of anilines is 1. The molecule has 0 spiro atoms. The SMILES string of the molecule is O=C(NC1CC1)N1CCN(c2ccccc2Oc2ccccc2)CC1. The van der Waals surface area contributed by atoms with Crippen LogP contribution >= 0.6 is 0 Å². The van der Waals surface area contributed by atoms with Gasteiger partial charge >= 0.3 is 6.03 Å². The van der Waals surface area contributed by atoms with E-state index in [9.17, 15) is 4.79 Å². The van der Waals surface area contributed by atoms with Crippen LogP contribution in [0.4, 0.5) is 10.5 Å². The zero-order chi connectivity index (χ0) is 17.1. The molecule has 4 rings (SSSR count). The van der Waals surface area contributed by atoms with Crippen molar-refractivity contribution in [3.8, 4) is 11.5 Å². The summed E-state index contributed by atoms with van der Waals surface area (Å²) in [7, 11) is 0. The molecule has 2 amide bonds. The summed E-state index contributed by atoms with van der Waals surface area (Å²) in [6, 6.07) is 18.4. The standard InChI is InChI=1S/C20H23N3O2/c24-20(21-16-10-11-16)23-14-12-22(13-15-23)18-8-4-5-9-19(18)25-17-6-2-1-3-7-17/h1-9,16H,10-15H2,(H,21,24). The van der Waals surface area contributed by atoms with Crippen LogP contribution in [0.15, 0.2) is 54.6 Å². The zero-order valence-corrected chi connectivity index (χ0v) is 14.2. The van der Waals surface area contributed by atoms with Crippen LogP contribution in [0.3, 0.4) is 0 Å². The lowest BCUT2D eigenvalue weighted by atomic mass is 10.2. The van der Waals surface area contributed by atoms with E-state index in [1.54, 1.807) is 0 Å². The van der Waals surface area contributed by atoms with E-state index in [4.69, 9.17) is 4.74 Å². The van der Waals surface area contributed by atoms with E-state index in [-0.39, 0.29) is 6.03 Å². The van der Waals surface area contributed by atoms with Crippen LogP contribution in [0.5, 0.6) is 11.5 Å². The van der Waals surface area contributed by atoms with Gasteiger partial charge in [0.2, 0.25) is 0 Å². The molecule has 5 nitrogen and oxygen atoms in total. The summed E-state index contributed by atoms with van der Waals surface area (Å²) in [6.07, 6.45) is 2.24. The predicted octanol–water partition coefficient (Wildman–Crippen LogP) is 3.47. The van der Waals surface area contributed by atoms with Gasteiger partial charge in [-0.05, 0) is 37.1 Å². The van der Waals surface area contributed by atoms with E-state index in [2.05, 4.69) is 16.3 Å². The molecule has 2 aromatic carbocycles. The Balaban J connectivity index is 1.41. The lowest BCUT2D eigenvalue weighted by molar-refractivity contribution is 0.194. The van der Waals surface area contributed by atoms with Crippen molar-refractivity contribution in [1.29, 1.82) is 0 Å². The molecule has 0 radical (unpaired) electrons. The maximum absolute atomic E-state index is 12.2. The van der Waals surface area contributed by atoms with E-state index in [0.29, 0.717) is 6.04 Å². The highest BCUT2D eigenvalue weighted by Gasteiger charge is 2.28. The van der Waals surface area contributed by atoms with Gasteiger partial charge in [-0.1, -0.05) is 30.3 Å². The molecule has 1 saturated carbocycles. The molecule has 0 unspecified atom stereocenters. The molecule has 130 valence electrons. The first-order valence-corrected chi connectivity index (χ1v) is 8.92. The van der Waals surface area contributed by atoms with Gasteiger partial charge in [0.25, 0.3) is 0 Å². The number of benzene rings is 2. The average Bonchev–Trinajstić information content (AvgIpc) is 3.47. The average molecular weight is 337 g/mol. The number of urea groups is 1. The van der Waals surface area contributed by atoms with Crippen LogP contribution < -0.4 is 15.0 Å². The first-order valence-electron chi connectivity index (χ1n) is 8.92. The Bertz CT molecular complexity index is 723. The number of rotatable bonds is 4. The van der Waals surface area contributed by atoms with Crippen molar-refractivity contribution in [3.05, 3.63) is 54.6 Å². The summed E-state index contributed by atoms with van der Waals surface area (Å²) in [5, 5.41) is 3.07. The quantitative estimate of drug-likeness (QED) is 0.929. The molecule has 0 atom stereocenters. The summed E-state index contributed by atoms with van der Waals surface area (Å²) in [5.74, 6) is 1.68. The Labute approximate surface area is 148 Å². The summed E-state index contributed by atoms with van der Waals surface area (Å²) < 4.78 is 6.06. The minimum atomic E-state index is 0.0796. The van der Waals surface area contributed by atoms with Crippen molar-refractivity contribution in [2.45, 2.75) is 18.9 Å². The van der Waals surface area contributed by atoms with Gasteiger partial charge in [-0.15, -0.1) is 0 Å². The Morgan fingerprint density at radius 1 is 0.920 bits per heavy atom. The van der Waals surface area contributed by atoms with Gasteiger partial charge in [0.05, 0.1) is 5.69 Å². The molecule has 1 N–H and O–H groups in total. The number of nitrogens with zero attached hydrogens (tertiary/aromatic N) is 2. The van der Waals surface area contributed by atoms with Gasteiger partial charge in [0.15, 0.2) is 5.75 Å². The summed E-state index contributed by atoms with van der Waals surface area (Å²) >= 11 is 0. The fourth-order valence-electron chi connectivity index (χ4n) is 3.06. The zero-order valence-electron chi connectivity index (χ0n) is 14.2. The molecule has 2 aliphatic rings. The Hall–Kier alpha value is -2.69. The number of carbonyl (C=O) groups is 1. The normalized spacial score (nSPS) is 17.3. The predicted molar refractivity (Wildman–Crippen MR) is 98.3 cm³/mol. The second-order valence-electron chi connectivity index (χ2n) is 6.58. The third-order valence-electron chi connectivity index (χ3n) is 4.65. The van der Waals surface area contributed by atoms with E-state index < -0.39 is 0 Å². The molecule has 1 saturated heterocycles. The first kappa shape index (κ1) is 15.8. The van der Waals surface area contributed by atoms with Crippen molar-refractivity contribution in [1.82, 2.24) is 10.2 Å². The van der Waals surface area contributed by atoms with Crippen molar-refractivity contribution < 1.29 is 9.53 Å². The highest BCUT2D eigenvalue weighted by atomic mass is 16.5. The number of ether oxygens (including phenoxy) is 1. The molecular weight excluding hydrogens is 314 g/mol. The Kier molecular flexibility index (Phi) is 4.46. The van der Waals surface area contributed by atoms with Gasteiger partial charge in [0.1, 0.15) is 5.75 Å². The second-order valence-corrected chi connectivity index (χ2v) is 6.58. The van der Waals surface area contributed by atoms with Crippen LogP contribution in [0.25, 0.3) is 0 Å². The maximum Gasteiger partial charge on any atom is 0.317 e. The van der Waals surface area contributed by atoms with Crippen molar-refractivity contribution in [3.63, 3.8) is 0 Å². The van der Waals surface area contributed by atoms with Gasteiger partial charge in [0, 0.05) is 32.2 Å². The Morgan fingerprint density at radius 2 is 1.60 bits per heavy atom. The largest absolute Gasteiger partial charge is 0.455 e. The highest BCUT2D eigenvalue weighted by Crippen LogP contribution is 2.32. The number of piperazine rings is 1. The molecule has 0 aromatic heterocycles. The van der Waals surface area contributed by atoms with Gasteiger partial charge in [-0.2, -0.15) is 0 Å². The van der Waals surface area contributed by atoms with Crippen molar-refractivity contribution >= 4 is 11.7 Å². The number of hydrogen-bond acceptors (Lipinski definition) is 3. The fraction of sp³-hybridized carbons (Fsp3) is 0.350. The van der Waals surface area contributed by atoms with Crippen molar-refractivity contribution in [2.24, 2.45) is 0 Å². The summed E-state index contributed by atoms with van der Waals surface area (Å²) in [5.41, 5.74) is 1.08. The van der Waals surface area contributed by atoms with Crippen LogP contribution in [-0.4, -0.2) is 43.2 Å². The Morgan fingerprint density at radius 3 is 2.32 bits per heavy atom. The van der Waals surface area contributed by atoms with Gasteiger partial charge in [-0.25, -0.2) is 4.79 Å². The van der Waals surface area contributed by atoms with Crippen LogP contribution in [0.1, 0.15) is 12.8 Å². The lowest BCUT2D eigenvalue weighted by Gasteiger charge is -2.36.